The first kappa shape index (κ1) is 18.4. The molecule has 1 N–H and O–H groups in total. The monoisotopic (exact) mass is 343 g/mol. The molecule has 2 rings (SSSR count). The summed E-state index contributed by atoms with van der Waals surface area (Å²) in [7, 11) is 1.60. The fraction of sp³-hybridized carbons (Fsp3) is 0.350. The van der Waals surface area contributed by atoms with Crippen molar-refractivity contribution in [2.24, 2.45) is 0 Å². The SMILES string of the molecule is COc1ccccc1NC(=O)CSc1cc(C(C)(C)C)ccc1C. The van der Waals surface area contributed by atoms with E-state index < -0.39 is 0 Å². The number of ether oxygens (including phenoxy) is 1. The number of hydrogen-bond acceptors (Lipinski definition) is 3. The van der Waals surface area contributed by atoms with Crippen molar-refractivity contribution in [2.45, 2.75) is 38.0 Å². The Morgan fingerprint density at radius 2 is 1.88 bits per heavy atom. The van der Waals surface area contributed by atoms with Crippen LogP contribution >= 0.6 is 11.8 Å². The van der Waals surface area contributed by atoms with E-state index in [1.54, 1.807) is 18.9 Å². The van der Waals surface area contributed by atoms with Crippen LogP contribution in [-0.4, -0.2) is 18.8 Å². The average Bonchev–Trinajstić information content (AvgIpc) is 2.53. The normalized spacial score (nSPS) is 11.2. The molecule has 0 aromatic heterocycles. The highest BCUT2D eigenvalue weighted by Crippen LogP contribution is 2.30. The van der Waals surface area contributed by atoms with Crippen molar-refractivity contribution in [3.8, 4) is 5.75 Å². The summed E-state index contributed by atoms with van der Waals surface area (Å²) in [5.74, 6) is 0.999. The minimum atomic E-state index is -0.0370. The van der Waals surface area contributed by atoms with Gasteiger partial charge in [-0.05, 0) is 41.7 Å². The Hall–Kier alpha value is -1.94. The van der Waals surface area contributed by atoms with Gasteiger partial charge in [-0.2, -0.15) is 0 Å². The van der Waals surface area contributed by atoms with Gasteiger partial charge in [-0.15, -0.1) is 11.8 Å². The van der Waals surface area contributed by atoms with Crippen molar-refractivity contribution < 1.29 is 9.53 Å². The molecule has 0 aliphatic rings. The minimum Gasteiger partial charge on any atom is -0.495 e. The zero-order valence-electron chi connectivity index (χ0n) is 15.0. The number of rotatable bonds is 5. The van der Waals surface area contributed by atoms with Gasteiger partial charge in [-0.25, -0.2) is 0 Å². The summed E-state index contributed by atoms with van der Waals surface area (Å²) in [6.45, 7) is 8.66. The molecule has 0 unspecified atom stereocenters. The molecule has 0 fully saturated rings. The summed E-state index contributed by atoms with van der Waals surface area (Å²) in [5.41, 5.74) is 3.27. The van der Waals surface area contributed by atoms with Crippen LogP contribution in [0.4, 0.5) is 5.69 Å². The van der Waals surface area contributed by atoms with Crippen LogP contribution in [0.15, 0.2) is 47.4 Å². The number of aryl methyl sites for hydroxylation is 1. The summed E-state index contributed by atoms with van der Waals surface area (Å²) in [5, 5.41) is 2.91. The van der Waals surface area contributed by atoms with Crippen molar-refractivity contribution in [1.82, 2.24) is 0 Å². The third kappa shape index (κ3) is 4.78. The number of thioether (sulfide) groups is 1. The molecule has 0 aliphatic carbocycles. The van der Waals surface area contributed by atoms with Gasteiger partial charge in [0.25, 0.3) is 0 Å². The van der Waals surface area contributed by atoms with E-state index in [1.165, 1.54) is 11.1 Å². The lowest BCUT2D eigenvalue weighted by atomic mass is 9.87. The van der Waals surface area contributed by atoms with E-state index in [4.69, 9.17) is 4.74 Å². The molecule has 0 spiro atoms. The molecule has 4 heteroatoms. The fourth-order valence-corrected chi connectivity index (χ4v) is 3.16. The van der Waals surface area contributed by atoms with E-state index in [0.717, 1.165) is 4.90 Å². The van der Waals surface area contributed by atoms with E-state index in [2.05, 4.69) is 51.2 Å². The topological polar surface area (TPSA) is 38.3 Å². The fourth-order valence-electron chi connectivity index (χ4n) is 2.30. The first-order valence-electron chi connectivity index (χ1n) is 7.98. The van der Waals surface area contributed by atoms with E-state index in [0.29, 0.717) is 17.2 Å². The van der Waals surface area contributed by atoms with Crippen LogP contribution in [0.2, 0.25) is 0 Å². The maximum atomic E-state index is 12.3. The second-order valence-corrected chi connectivity index (χ2v) is 7.78. The van der Waals surface area contributed by atoms with Crippen molar-refractivity contribution in [3.63, 3.8) is 0 Å². The highest BCUT2D eigenvalue weighted by molar-refractivity contribution is 8.00. The van der Waals surface area contributed by atoms with Crippen LogP contribution in [0.1, 0.15) is 31.9 Å². The number of carbonyl (C=O) groups excluding carboxylic acids is 1. The second kappa shape index (κ2) is 7.75. The maximum Gasteiger partial charge on any atom is 0.234 e. The quantitative estimate of drug-likeness (QED) is 0.774. The van der Waals surface area contributed by atoms with Gasteiger partial charge < -0.3 is 10.1 Å². The number of methoxy groups -OCH3 is 1. The third-order valence-electron chi connectivity index (χ3n) is 3.79. The predicted molar refractivity (Wildman–Crippen MR) is 102 cm³/mol. The molecule has 0 aliphatic heterocycles. The standard InChI is InChI=1S/C20H25NO2S/c1-14-10-11-15(20(2,3)4)12-18(14)24-13-19(22)21-16-8-6-7-9-17(16)23-5/h6-12H,13H2,1-5H3,(H,21,22). The van der Waals surface area contributed by atoms with Crippen LogP contribution in [0.3, 0.4) is 0 Å². The Bertz CT molecular complexity index is 720. The van der Waals surface area contributed by atoms with Crippen LogP contribution < -0.4 is 10.1 Å². The van der Waals surface area contributed by atoms with Gasteiger partial charge in [0.1, 0.15) is 5.75 Å². The molecule has 0 heterocycles. The first-order valence-corrected chi connectivity index (χ1v) is 8.96. The lowest BCUT2D eigenvalue weighted by molar-refractivity contribution is -0.113. The second-order valence-electron chi connectivity index (χ2n) is 6.77. The van der Waals surface area contributed by atoms with Gasteiger partial charge in [-0.1, -0.05) is 45.0 Å². The maximum absolute atomic E-state index is 12.3. The molecule has 2 aromatic rings. The van der Waals surface area contributed by atoms with E-state index in [1.807, 2.05) is 24.3 Å². The lowest BCUT2D eigenvalue weighted by Gasteiger charge is -2.20. The minimum absolute atomic E-state index is 0.0370. The number of amides is 1. The Morgan fingerprint density at radius 1 is 1.17 bits per heavy atom. The van der Waals surface area contributed by atoms with Gasteiger partial charge in [0.05, 0.1) is 18.6 Å². The number of anilines is 1. The molecule has 2 aromatic carbocycles. The van der Waals surface area contributed by atoms with E-state index in [9.17, 15) is 4.79 Å². The summed E-state index contributed by atoms with van der Waals surface area (Å²) < 4.78 is 5.26. The van der Waals surface area contributed by atoms with Crippen molar-refractivity contribution in [2.75, 3.05) is 18.2 Å². The zero-order chi connectivity index (χ0) is 17.7. The molecule has 0 saturated heterocycles. The smallest absolute Gasteiger partial charge is 0.234 e. The van der Waals surface area contributed by atoms with E-state index >= 15 is 0 Å². The molecule has 0 saturated carbocycles. The molecular weight excluding hydrogens is 318 g/mol. The summed E-state index contributed by atoms with van der Waals surface area (Å²) >= 11 is 1.57. The number of para-hydroxylation sites is 2. The molecule has 0 radical (unpaired) electrons. The Labute approximate surface area is 148 Å². The highest BCUT2D eigenvalue weighted by Gasteiger charge is 2.15. The molecule has 1 amide bonds. The molecule has 3 nitrogen and oxygen atoms in total. The van der Waals surface area contributed by atoms with Gasteiger partial charge in [-0.3, -0.25) is 4.79 Å². The zero-order valence-corrected chi connectivity index (χ0v) is 15.8. The Balaban J connectivity index is 2.04. The molecule has 0 atom stereocenters. The van der Waals surface area contributed by atoms with Gasteiger partial charge in [0.2, 0.25) is 5.91 Å². The van der Waals surface area contributed by atoms with E-state index in [-0.39, 0.29) is 11.3 Å². The number of nitrogens with one attached hydrogen (secondary N) is 1. The van der Waals surface area contributed by atoms with Crippen molar-refractivity contribution in [1.29, 1.82) is 0 Å². The van der Waals surface area contributed by atoms with Crippen molar-refractivity contribution >= 4 is 23.4 Å². The van der Waals surface area contributed by atoms with Crippen LogP contribution in [0.25, 0.3) is 0 Å². The highest BCUT2D eigenvalue weighted by atomic mass is 32.2. The molecule has 24 heavy (non-hydrogen) atoms. The van der Waals surface area contributed by atoms with Crippen LogP contribution in [0.5, 0.6) is 5.75 Å². The number of carbonyl (C=O) groups is 1. The first-order chi connectivity index (χ1) is 11.3. The third-order valence-corrected chi connectivity index (χ3v) is 4.95. The molecule has 0 bridgehead atoms. The van der Waals surface area contributed by atoms with Gasteiger partial charge >= 0.3 is 0 Å². The van der Waals surface area contributed by atoms with Crippen molar-refractivity contribution in [3.05, 3.63) is 53.6 Å². The van der Waals surface area contributed by atoms with Gasteiger partial charge in [0, 0.05) is 4.90 Å². The molecule has 128 valence electrons. The summed E-state index contributed by atoms with van der Waals surface area (Å²) in [4.78, 5) is 13.4. The number of hydrogen-bond donors (Lipinski definition) is 1. The van der Waals surface area contributed by atoms with Gasteiger partial charge in [0.15, 0.2) is 0 Å². The predicted octanol–water partition coefficient (Wildman–Crippen LogP) is 5.03. The van der Waals surface area contributed by atoms with Crippen LogP contribution in [-0.2, 0) is 10.2 Å². The summed E-state index contributed by atoms with van der Waals surface area (Å²) in [6, 6.07) is 13.9. The van der Waals surface area contributed by atoms with Crippen LogP contribution in [0, 0.1) is 6.92 Å². The average molecular weight is 343 g/mol. The Morgan fingerprint density at radius 3 is 2.54 bits per heavy atom. The summed E-state index contributed by atoms with van der Waals surface area (Å²) in [6.07, 6.45) is 0. The largest absolute Gasteiger partial charge is 0.495 e. The lowest BCUT2D eigenvalue weighted by Crippen LogP contribution is -2.15. The number of benzene rings is 2. The molecular formula is C20H25NO2S. The Kier molecular flexibility index (Phi) is 5.94.